The molecule has 5 heteroatoms. The van der Waals surface area contributed by atoms with Crippen molar-refractivity contribution in [2.75, 3.05) is 6.54 Å². The number of carbonyl (C=O) groups is 2. The third-order valence-electron chi connectivity index (χ3n) is 4.43. The van der Waals surface area contributed by atoms with Crippen LogP contribution in [0.1, 0.15) is 39.0 Å². The summed E-state index contributed by atoms with van der Waals surface area (Å²) in [4.78, 5) is 25.1. The molecule has 1 aliphatic heterocycles. The van der Waals surface area contributed by atoms with Crippen molar-refractivity contribution in [1.82, 2.24) is 4.90 Å². The van der Waals surface area contributed by atoms with Gasteiger partial charge in [-0.3, -0.25) is 9.59 Å². The summed E-state index contributed by atoms with van der Waals surface area (Å²) in [5, 5.41) is 8.92. The molecule has 0 unspecified atom stereocenters. The highest BCUT2D eigenvalue weighted by Crippen LogP contribution is 2.47. The number of carboxylic acids is 1. The molecule has 18 heavy (non-hydrogen) atoms. The molecule has 0 aromatic rings. The van der Waals surface area contributed by atoms with Crippen molar-refractivity contribution in [3.63, 3.8) is 0 Å². The second-order valence-electron chi connectivity index (χ2n) is 5.82. The predicted octanol–water partition coefficient (Wildman–Crippen LogP) is 1.22. The Morgan fingerprint density at radius 2 is 1.94 bits per heavy atom. The predicted molar refractivity (Wildman–Crippen MR) is 62.7 cm³/mol. The molecular formula is C13H19NO4. The van der Waals surface area contributed by atoms with E-state index in [0.717, 1.165) is 25.7 Å². The van der Waals surface area contributed by atoms with E-state index in [-0.39, 0.29) is 17.9 Å². The normalized spacial score (nSPS) is 37.2. The van der Waals surface area contributed by atoms with Gasteiger partial charge < -0.3 is 14.7 Å². The Hall–Kier alpha value is -1.10. The zero-order valence-corrected chi connectivity index (χ0v) is 10.6. The van der Waals surface area contributed by atoms with E-state index in [2.05, 4.69) is 0 Å². The molecule has 0 bridgehead atoms. The molecule has 3 atom stereocenters. The van der Waals surface area contributed by atoms with Gasteiger partial charge in [-0.1, -0.05) is 0 Å². The molecule has 0 aromatic carbocycles. The number of carbonyl (C=O) groups excluding carboxylic acids is 1. The van der Waals surface area contributed by atoms with Crippen molar-refractivity contribution in [2.45, 2.75) is 50.9 Å². The summed E-state index contributed by atoms with van der Waals surface area (Å²) >= 11 is 0. The fourth-order valence-corrected chi connectivity index (χ4v) is 3.45. The molecule has 2 aliphatic carbocycles. The molecule has 1 N–H and O–H groups in total. The first-order valence-corrected chi connectivity index (χ1v) is 6.76. The van der Waals surface area contributed by atoms with Gasteiger partial charge >= 0.3 is 5.97 Å². The van der Waals surface area contributed by atoms with E-state index in [4.69, 9.17) is 9.84 Å². The molecule has 5 nitrogen and oxygen atoms in total. The highest BCUT2D eigenvalue weighted by atomic mass is 16.5. The minimum absolute atomic E-state index is 0.00588. The van der Waals surface area contributed by atoms with Crippen molar-refractivity contribution in [3.8, 4) is 0 Å². The summed E-state index contributed by atoms with van der Waals surface area (Å²) in [7, 11) is 0. The molecule has 3 fully saturated rings. The zero-order chi connectivity index (χ0) is 12.9. The van der Waals surface area contributed by atoms with Crippen LogP contribution < -0.4 is 0 Å². The van der Waals surface area contributed by atoms with Crippen LogP contribution in [-0.4, -0.2) is 40.3 Å². The van der Waals surface area contributed by atoms with Crippen LogP contribution in [0, 0.1) is 11.8 Å². The Bertz CT molecular complexity index is 388. The summed E-state index contributed by atoms with van der Waals surface area (Å²) in [6.07, 6.45) is 4.53. The minimum atomic E-state index is -0.845. The molecule has 1 heterocycles. The SMILES string of the molecule is C[C@H]1CN(C(=O)[C@@H]2C[C@@H]2C(=O)O)C2(CCCC2)O1. The van der Waals surface area contributed by atoms with Crippen LogP contribution in [0.5, 0.6) is 0 Å². The maximum Gasteiger partial charge on any atom is 0.307 e. The number of hydrogen-bond donors (Lipinski definition) is 1. The van der Waals surface area contributed by atoms with E-state index in [1.807, 2.05) is 11.8 Å². The van der Waals surface area contributed by atoms with Gasteiger partial charge in [0.2, 0.25) is 5.91 Å². The van der Waals surface area contributed by atoms with Crippen LogP contribution in [0.4, 0.5) is 0 Å². The Kier molecular flexibility index (Phi) is 2.62. The second-order valence-corrected chi connectivity index (χ2v) is 5.82. The molecule has 3 aliphatic rings. The number of rotatable bonds is 2. The Morgan fingerprint density at radius 3 is 2.50 bits per heavy atom. The van der Waals surface area contributed by atoms with Crippen LogP contribution >= 0.6 is 0 Å². The topological polar surface area (TPSA) is 66.8 Å². The van der Waals surface area contributed by atoms with E-state index in [0.29, 0.717) is 13.0 Å². The Labute approximate surface area is 106 Å². The average molecular weight is 253 g/mol. The number of nitrogens with zero attached hydrogens (tertiary/aromatic N) is 1. The fraction of sp³-hybridized carbons (Fsp3) is 0.846. The molecular weight excluding hydrogens is 234 g/mol. The zero-order valence-electron chi connectivity index (χ0n) is 10.6. The first kappa shape index (κ1) is 12.0. The van der Waals surface area contributed by atoms with Crippen molar-refractivity contribution in [2.24, 2.45) is 11.8 Å². The molecule has 2 saturated carbocycles. The maximum absolute atomic E-state index is 12.4. The van der Waals surface area contributed by atoms with Gasteiger partial charge in [0.1, 0.15) is 5.72 Å². The van der Waals surface area contributed by atoms with Gasteiger partial charge in [-0.15, -0.1) is 0 Å². The molecule has 3 rings (SSSR count). The fourth-order valence-electron chi connectivity index (χ4n) is 3.45. The van der Waals surface area contributed by atoms with Gasteiger partial charge in [0.05, 0.1) is 17.9 Å². The molecule has 1 spiro atoms. The molecule has 0 radical (unpaired) electrons. The van der Waals surface area contributed by atoms with Crippen molar-refractivity contribution < 1.29 is 19.4 Å². The van der Waals surface area contributed by atoms with E-state index in [9.17, 15) is 9.59 Å². The van der Waals surface area contributed by atoms with Crippen LogP contribution in [0.15, 0.2) is 0 Å². The van der Waals surface area contributed by atoms with Gasteiger partial charge in [0, 0.05) is 6.54 Å². The number of carboxylic acid groups (broad SMARTS) is 1. The first-order chi connectivity index (χ1) is 8.53. The number of ether oxygens (including phenoxy) is 1. The quantitative estimate of drug-likeness (QED) is 0.803. The average Bonchev–Trinajstić information content (AvgIpc) is 2.90. The van der Waals surface area contributed by atoms with Crippen LogP contribution in [0.25, 0.3) is 0 Å². The van der Waals surface area contributed by atoms with Gasteiger partial charge in [0.15, 0.2) is 0 Å². The number of amides is 1. The minimum Gasteiger partial charge on any atom is -0.481 e. The van der Waals surface area contributed by atoms with Gasteiger partial charge in [0.25, 0.3) is 0 Å². The monoisotopic (exact) mass is 253 g/mol. The van der Waals surface area contributed by atoms with Crippen LogP contribution in [0.3, 0.4) is 0 Å². The van der Waals surface area contributed by atoms with Gasteiger partial charge in [-0.05, 0) is 39.0 Å². The Morgan fingerprint density at radius 1 is 1.28 bits per heavy atom. The smallest absolute Gasteiger partial charge is 0.307 e. The second kappa shape index (κ2) is 3.95. The third-order valence-corrected chi connectivity index (χ3v) is 4.43. The molecule has 0 aromatic heterocycles. The lowest BCUT2D eigenvalue weighted by Gasteiger charge is -2.33. The lowest BCUT2D eigenvalue weighted by Crippen LogP contribution is -2.47. The summed E-state index contributed by atoms with van der Waals surface area (Å²) < 4.78 is 5.97. The lowest BCUT2D eigenvalue weighted by molar-refractivity contribution is -0.154. The largest absolute Gasteiger partial charge is 0.481 e. The van der Waals surface area contributed by atoms with Crippen molar-refractivity contribution >= 4 is 11.9 Å². The lowest BCUT2D eigenvalue weighted by atomic mass is 10.1. The standard InChI is InChI=1S/C13H19NO4/c1-8-7-14(13(18-8)4-2-3-5-13)11(15)9-6-10(9)12(16)17/h8-10H,2-7H2,1H3,(H,16,17)/t8-,9+,10-/m0/s1. The van der Waals surface area contributed by atoms with Gasteiger partial charge in [-0.25, -0.2) is 0 Å². The van der Waals surface area contributed by atoms with Crippen molar-refractivity contribution in [3.05, 3.63) is 0 Å². The first-order valence-electron chi connectivity index (χ1n) is 6.76. The summed E-state index contributed by atoms with van der Waals surface area (Å²) in [6.45, 7) is 2.59. The van der Waals surface area contributed by atoms with Gasteiger partial charge in [-0.2, -0.15) is 0 Å². The highest BCUT2D eigenvalue weighted by Gasteiger charge is 2.56. The highest BCUT2D eigenvalue weighted by molar-refractivity contribution is 5.90. The van der Waals surface area contributed by atoms with E-state index in [1.165, 1.54) is 0 Å². The van der Waals surface area contributed by atoms with Crippen LogP contribution in [-0.2, 0) is 14.3 Å². The molecule has 100 valence electrons. The Balaban J connectivity index is 1.75. The summed E-state index contributed by atoms with van der Waals surface area (Å²) in [5.41, 5.74) is -0.415. The van der Waals surface area contributed by atoms with Crippen molar-refractivity contribution in [1.29, 1.82) is 0 Å². The van der Waals surface area contributed by atoms with E-state index in [1.54, 1.807) is 0 Å². The maximum atomic E-state index is 12.4. The number of aliphatic carboxylic acids is 1. The summed E-state index contributed by atoms with van der Waals surface area (Å²) in [6, 6.07) is 0. The molecule has 1 amide bonds. The van der Waals surface area contributed by atoms with E-state index >= 15 is 0 Å². The summed E-state index contributed by atoms with van der Waals surface area (Å²) in [5.74, 6) is -1.63. The van der Waals surface area contributed by atoms with Crippen LogP contribution in [0.2, 0.25) is 0 Å². The van der Waals surface area contributed by atoms with E-state index < -0.39 is 17.6 Å². The third kappa shape index (κ3) is 1.72. The molecule has 1 saturated heterocycles. The number of hydrogen-bond acceptors (Lipinski definition) is 3.